The van der Waals surface area contributed by atoms with Crippen molar-refractivity contribution in [3.05, 3.63) is 29.8 Å². The van der Waals surface area contributed by atoms with Crippen LogP contribution < -0.4 is 0 Å². The maximum Gasteiger partial charge on any atom is 0.307 e. The molecule has 1 saturated heterocycles. The summed E-state index contributed by atoms with van der Waals surface area (Å²) in [5, 5.41) is 8.95. The lowest BCUT2D eigenvalue weighted by Crippen LogP contribution is -2.30. The molecular formula is C13H18ClNO4S. The van der Waals surface area contributed by atoms with Gasteiger partial charge in [0.15, 0.2) is 0 Å². The molecule has 1 aromatic rings. The lowest BCUT2D eigenvalue weighted by Gasteiger charge is -2.18. The number of hydrogen-bond donors (Lipinski definition) is 1. The van der Waals surface area contributed by atoms with E-state index in [1.54, 1.807) is 18.2 Å². The van der Waals surface area contributed by atoms with Crippen molar-refractivity contribution in [2.75, 3.05) is 13.1 Å². The van der Waals surface area contributed by atoms with Gasteiger partial charge in [-0.05, 0) is 24.5 Å². The van der Waals surface area contributed by atoms with Gasteiger partial charge in [0.1, 0.15) is 0 Å². The molecule has 1 aliphatic heterocycles. The van der Waals surface area contributed by atoms with Gasteiger partial charge in [-0.2, -0.15) is 4.31 Å². The first kappa shape index (κ1) is 16.9. The van der Waals surface area contributed by atoms with E-state index in [1.807, 2.05) is 13.0 Å². The summed E-state index contributed by atoms with van der Waals surface area (Å²) >= 11 is 0. The highest BCUT2D eigenvalue weighted by atomic mass is 35.5. The fourth-order valence-corrected chi connectivity index (χ4v) is 4.13. The number of sulfonamides is 1. The number of aliphatic carboxylic acids is 1. The van der Waals surface area contributed by atoms with Crippen molar-refractivity contribution < 1.29 is 18.3 Å². The van der Waals surface area contributed by atoms with Crippen LogP contribution in [0.5, 0.6) is 0 Å². The molecule has 1 aromatic carbocycles. The first-order valence-corrected chi connectivity index (χ1v) is 7.71. The molecule has 2 rings (SSSR count). The summed E-state index contributed by atoms with van der Waals surface area (Å²) in [5.41, 5.74) is 0.765. The van der Waals surface area contributed by atoms with E-state index in [0.717, 1.165) is 5.56 Å². The van der Waals surface area contributed by atoms with Gasteiger partial charge in [0.05, 0.1) is 10.8 Å². The Morgan fingerprint density at radius 3 is 2.60 bits per heavy atom. The second-order valence-corrected chi connectivity index (χ2v) is 6.55. The number of aryl methyl sites for hydroxylation is 1. The van der Waals surface area contributed by atoms with E-state index in [9.17, 15) is 13.2 Å². The van der Waals surface area contributed by atoms with Gasteiger partial charge < -0.3 is 5.11 Å². The standard InChI is InChI=1S/C13H17NO4S.ClH/c1-2-10-5-3-4-6-12(10)19(17,18)14-8-7-11(9-14)13(15)16;/h3-6,11H,2,7-9H2,1H3,(H,15,16);1H. The van der Waals surface area contributed by atoms with E-state index in [1.165, 1.54) is 4.31 Å². The van der Waals surface area contributed by atoms with Gasteiger partial charge in [-0.3, -0.25) is 4.79 Å². The van der Waals surface area contributed by atoms with E-state index in [0.29, 0.717) is 17.7 Å². The van der Waals surface area contributed by atoms with Gasteiger partial charge in [-0.1, -0.05) is 25.1 Å². The Kier molecular flexibility index (Phi) is 5.56. The van der Waals surface area contributed by atoms with Crippen molar-refractivity contribution in [3.8, 4) is 0 Å². The largest absolute Gasteiger partial charge is 0.481 e. The van der Waals surface area contributed by atoms with Crippen molar-refractivity contribution in [1.29, 1.82) is 0 Å². The summed E-state index contributed by atoms with van der Waals surface area (Å²) in [5.74, 6) is -1.52. The predicted molar refractivity (Wildman–Crippen MR) is 77.6 cm³/mol. The second kappa shape index (κ2) is 6.56. The monoisotopic (exact) mass is 319 g/mol. The van der Waals surface area contributed by atoms with Gasteiger partial charge in [0, 0.05) is 13.1 Å². The highest BCUT2D eigenvalue weighted by Gasteiger charge is 2.36. The first-order valence-electron chi connectivity index (χ1n) is 6.27. The molecule has 1 aliphatic rings. The normalized spacial score (nSPS) is 19.6. The van der Waals surface area contributed by atoms with Crippen LogP contribution in [0.15, 0.2) is 29.2 Å². The fraction of sp³-hybridized carbons (Fsp3) is 0.462. The average molecular weight is 320 g/mol. The van der Waals surface area contributed by atoms with Crippen molar-refractivity contribution in [2.24, 2.45) is 5.92 Å². The van der Waals surface area contributed by atoms with Gasteiger partial charge in [-0.25, -0.2) is 8.42 Å². The molecule has 0 aliphatic carbocycles. The minimum Gasteiger partial charge on any atom is -0.481 e. The van der Waals surface area contributed by atoms with Crippen molar-refractivity contribution >= 4 is 28.4 Å². The molecule has 0 aromatic heterocycles. The zero-order chi connectivity index (χ0) is 14.0. The van der Waals surface area contributed by atoms with E-state index in [-0.39, 0.29) is 25.5 Å². The number of carboxylic acid groups (broad SMARTS) is 1. The lowest BCUT2D eigenvalue weighted by atomic mass is 10.1. The maximum absolute atomic E-state index is 12.5. The summed E-state index contributed by atoms with van der Waals surface area (Å²) in [7, 11) is -3.58. The van der Waals surface area contributed by atoms with Gasteiger partial charge >= 0.3 is 5.97 Å². The Morgan fingerprint density at radius 1 is 1.40 bits per heavy atom. The Bertz CT molecular complexity index is 588. The molecule has 1 atom stereocenters. The third-order valence-electron chi connectivity index (χ3n) is 3.47. The average Bonchev–Trinajstić information content (AvgIpc) is 2.89. The molecule has 1 unspecified atom stereocenters. The number of halogens is 1. The number of hydrogen-bond acceptors (Lipinski definition) is 3. The molecule has 7 heteroatoms. The van der Waals surface area contributed by atoms with Crippen LogP contribution in [0.3, 0.4) is 0 Å². The van der Waals surface area contributed by atoms with Crippen LogP contribution in [0, 0.1) is 5.92 Å². The van der Waals surface area contributed by atoms with Gasteiger partial charge in [-0.15, -0.1) is 12.4 Å². The fourth-order valence-electron chi connectivity index (χ4n) is 2.33. The number of benzene rings is 1. The molecule has 5 nitrogen and oxygen atoms in total. The molecule has 1 N–H and O–H groups in total. The van der Waals surface area contributed by atoms with Gasteiger partial charge in [0.2, 0.25) is 10.0 Å². The van der Waals surface area contributed by atoms with Crippen LogP contribution in [0.1, 0.15) is 18.9 Å². The van der Waals surface area contributed by atoms with Crippen LogP contribution in [0.2, 0.25) is 0 Å². The topological polar surface area (TPSA) is 74.7 Å². The van der Waals surface area contributed by atoms with Crippen LogP contribution in [-0.4, -0.2) is 36.9 Å². The summed E-state index contributed by atoms with van der Waals surface area (Å²) in [6.45, 7) is 2.24. The molecule has 0 spiro atoms. The van der Waals surface area contributed by atoms with Crippen LogP contribution >= 0.6 is 12.4 Å². The smallest absolute Gasteiger partial charge is 0.307 e. The van der Waals surface area contributed by atoms with E-state index in [4.69, 9.17) is 5.11 Å². The summed E-state index contributed by atoms with van der Waals surface area (Å²) in [6, 6.07) is 6.87. The minimum absolute atomic E-state index is 0. The third kappa shape index (κ3) is 3.13. The van der Waals surface area contributed by atoms with Crippen LogP contribution in [0.25, 0.3) is 0 Å². The molecule has 112 valence electrons. The number of rotatable bonds is 4. The SMILES string of the molecule is CCc1ccccc1S(=O)(=O)N1CCC(C(=O)O)C1.Cl. The Balaban J connectivity index is 0.00000200. The third-order valence-corrected chi connectivity index (χ3v) is 5.44. The number of carbonyl (C=O) groups is 1. The summed E-state index contributed by atoms with van der Waals surface area (Å²) in [4.78, 5) is 11.2. The lowest BCUT2D eigenvalue weighted by molar-refractivity contribution is -0.141. The molecule has 20 heavy (non-hydrogen) atoms. The Hall–Kier alpha value is -1.11. The quantitative estimate of drug-likeness (QED) is 0.917. The number of carboxylic acids is 1. The highest BCUT2D eigenvalue weighted by Crippen LogP contribution is 2.26. The number of nitrogens with zero attached hydrogens (tertiary/aromatic N) is 1. The zero-order valence-electron chi connectivity index (χ0n) is 11.2. The molecule has 1 fully saturated rings. The minimum atomic E-state index is -3.58. The summed E-state index contributed by atoms with van der Waals surface area (Å²) in [6.07, 6.45) is 1.01. The molecule has 0 saturated carbocycles. The molecule has 1 heterocycles. The molecule has 0 bridgehead atoms. The Labute approximate surface area is 125 Å². The second-order valence-electron chi connectivity index (χ2n) is 4.65. The van der Waals surface area contributed by atoms with Gasteiger partial charge in [0.25, 0.3) is 0 Å². The van der Waals surface area contributed by atoms with Crippen LogP contribution in [-0.2, 0) is 21.2 Å². The van der Waals surface area contributed by atoms with Crippen molar-refractivity contribution in [1.82, 2.24) is 4.31 Å². The summed E-state index contributed by atoms with van der Waals surface area (Å²) < 4.78 is 26.3. The van der Waals surface area contributed by atoms with E-state index >= 15 is 0 Å². The highest BCUT2D eigenvalue weighted by molar-refractivity contribution is 7.89. The zero-order valence-corrected chi connectivity index (χ0v) is 12.8. The maximum atomic E-state index is 12.5. The van der Waals surface area contributed by atoms with Crippen molar-refractivity contribution in [3.63, 3.8) is 0 Å². The van der Waals surface area contributed by atoms with E-state index in [2.05, 4.69) is 0 Å². The first-order chi connectivity index (χ1) is 8.96. The van der Waals surface area contributed by atoms with Crippen molar-refractivity contribution in [2.45, 2.75) is 24.7 Å². The van der Waals surface area contributed by atoms with E-state index < -0.39 is 21.9 Å². The molecule has 0 radical (unpaired) electrons. The Morgan fingerprint density at radius 2 is 2.05 bits per heavy atom. The molecular weight excluding hydrogens is 302 g/mol. The van der Waals surface area contributed by atoms with Crippen LogP contribution in [0.4, 0.5) is 0 Å². The molecule has 0 amide bonds. The predicted octanol–water partition coefficient (Wildman–Crippen LogP) is 1.77.